The van der Waals surface area contributed by atoms with Crippen molar-refractivity contribution in [1.82, 2.24) is 9.80 Å². The third kappa shape index (κ3) is 8.70. The second-order valence-corrected chi connectivity index (χ2v) is 18.6. The first-order chi connectivity index (χ1) is 20.9. The average molecular weight is 635 g/mol. The molecule has 46 heavy (non-hydrogen) atoms. The van der Waals surface area contributed by atoms with E-state index in [4.69, 9.17) is 0 Å². The fourth-order valence-electron chi connectivity index (χ4n) is 9.02. The van der Waals surface area contributed by atoms with Gasteiger partial charge < -0.3 is 10.2 Å². The Labute approximate surface area is 284 Å². The molecule has 260 valence electrons. The van der Waals surface area contributed by atoms with Crippen molar-refractivity contribution in [3.63, 3.8) is 0 Å². The van der Waals surface area contributed by atoms with Crippen molar-refractivity contribution >= 4 is 0 Å². The van der Waals surface area contributed by atoms with E-state index in [9.17, 15) is 10.2 Å². The number of aromatic hydroxyl groups is 2. The standard InChI is InChI=1S/C42H70N2O2/c1-17-31-21-44(24-34-28(4)20-36(38(46)30(34)6)42(15,16)26-40(10,11)12)32(18-2)22-43(31)23-33-27(3)19-35(37(45)29(33)5)41(13,14)25-39(7,8)9/h19-20,31-32,45-46H,17-18,21-26H2,1-16H3. The maximum absolute atomic E-state index is 11.5. The Morgan fingerprint density at radius 1 is 0.587 bits per heavy atom. The quantitative estimate of drug-likeness (QED) is 0.273. The second kappa shape index (κ2) is 13.8. The highest BCUT2D eigenvalue weighted by Crippen LogP contribution is 2.45. The van der Waals surface area contributed by atoms with Gasteiger partial charge in [0.05, 0.1) is 0 Å². The predicted molar refractivity (Wildman–Crippen MR) is 198 cm³/mol. The lowest BCUT2D eigenvalue weighted by Crippen LogP contribution is -2.57. The summed E-state index contributed by atoms with van der Waals surface area (Å²) in [4.78, 5) is 5.35. The average Bonchev–Trinajstić information content (AvgIpc) is 2.90. The summed E-state index contributed by atoms with van der Waals surface area (Å²) in [6, 6.07) is 5.39. The van der Waals surface area contributed by atoms with Gasteiger partial charge in [0.2, 0.25) is 0 Å². The van der Waals surface area contributed by atoms with Crippen molar-refractivity contribution in [3.05, 3.63) is 56.6 Å². The molecule has 0 saturated carbocycles. The Balaban J connectivity index is 1.89. The highest BCUT2D eigenvalue weighted by atomic mass is 16.3. The lowest BCUT2D eigenvalue weighted by Gasteiger charge is -2.47. The second-order valence-electron chi connectivity index (χ2n) is 18.6. The number of nitrogens with zero attached hydrogens (tertiary/aromatic N) is 2. The van der Waals surface area contributed by atoms with Crippen molar-refractivity contribution < 1.29 is 10.2 Å². The fraction of sp³-hybridized carbons (Fsp3) is 0.714. The summed E-state index contributed by atoms with van der Waals surface area (Å²) in [5, 5.41) is 23.1. The summed E-state index contributed by atoms with van der Waals surface area (Å²) in [5.41, 5.74) is 9.51. The molecular weight excluding hydrogens is 564 g/mol. The molecule has 0 amide bonds. The van der Waals surface area contributed by atoms with Gasteiger partial charge >= 0.3 is 0 Å². The number of phenolic OH excluding ortho intramolecular Hbond substituents is 2. The van der Waals surface area contributed by atoms with Crippen molar-refractivity contribution in [3.8, 4) is 11.5 Å². The van der Waals surface area contributed by atoms with Gasteiger partial charge in [-0.1, -0.05) is 95.2 Å². The maximum Gasteiger partial charge on any atom is 0.122 e. The van der Waals surface area contributed by atoms with Gasteiger partial charge in [-0.2, -0.15) is 0 Å². The van der Waals surface area contributed by atoms with E-state index in [0.717, 1.165) is 74.1 Å². The van der Waals surface area contributed by atoms with Gasteiger partial charge in [-0.15, -0.1) is 0 Å². The summed E-state index contributed by atoms with van der Waals surface area (Å²) in [5.74, 6) is 0.960. The van der Waals surface area contributed by atoms with Crippen LogP contribution in [0.4, 0.5) is 0 Å². The van der Waals surface area contributed by atoms with E-state index in [2.05, 4.69) is 133 Å². The van der Waals surface area contributed by atoms with Crippen LogP contribution in [0.5, 0.6) is 11.5 Å². The molecule has 2 aromatic rings. The van der Waals surface area contributed by atoms with Gasteiger partial charge in [-0.3, -0.25) is 9.80 Å². The van der Waals surface area contributed by atoms with Crippen LogP contribution in [0, 0.1) is 38.5 Å². The Bertz CT molecular complexity index is 1270. The maximum atomic E-state index is 11.5. The van der Waals surface area contributed by atoms with Crippen molar-refractivity contribution in [2.45, 2.75) is 172 Å². The molecule has 3 rings (SSSR count). The third-order valence-corrected chi connectivity index (χ3v) is 10.8. The van der Waals surface area contributed by atoms with Crippen molar-refractivity contribution in [1.29, 1.82) is 0 Å². The normalized spacial score (nSPS) is 19.2. The van der Waals surface area contributed by atoms with Crippen LogP contribution in [0.25, 0.3) is 0 Å². The summed E-state index contributed by atoms with van der Waals surface area (Å²) < 4.78 is 0. The number of phenols is 2. The molecule has 0 aromatic heterocycles. The monoisotopic (exact) mass is 635 g/mol. The van der Waals surface area contributed by atoms with E-state index in [1.54, 1.807) is 0 Å². The van der Waals surface area contributed by atoms with Crippen LogP contribution < -0.4 is 0 Å². The van der Waals surface area contributed by atoms with E-state index in [-0.39, 0.29) is 21.7 Å². The van der Waals surface area contributed by atoms with Gasteiger partial charge in [0.25, 0.3) is 0 Å². The number of rotatable bonds is 10. The van der Waals surface area contributed by atoms with Crippen LogP contribution in [0.15, 0.2) is 12.1 Å². The van der Waals surface area contributed by atoms with Crippen LogP contribution >= 0.6 is 0 Å². The Hall–Kier alpha value is -2.04. The van der Waals surface area contributed by atoms with Gasteiger partial charge in [0.1, 0.15) is 11.5 Å². The van der Waals surface area contributed by atoms with E-state index >= 15 is 0 Å². The smallest absolute Gasteiger partial charge is 0.122 e. The predicted octanol–water partition coefficient (Wildman–Crippen LogP) is 10.6. The minimum atomic E-state index is -0.105. The molecule has 1 aliphatic heterocycles. The number of aryl methyl sites for hydroxylation is 2. The number of hydrogen-bond acceptors (Lipinski definition) is 4. The van der Waals surface area contributed by atoms with E-state index in [1.807, 2.05) is 0 Å². The van der Waals surface area contributed by atoms with Crippen LogP contribution in [0.1, 0.15) is 153 Å². The summed E-state index contributed by atoms with van der Waals surface area (Å²) >= 11 is 0. The fourth-order valence-corrected chi connectivity index (χ4v) is 9.02. The zero-order chi connectivity index (χ0) is 35.2. The van der Waals surface area contributed by atoms with Crippen LogP contribution in [-0.2, 0) is 23.9 Å². The summed E-state index contributed by atoms with van der Waals surface area (Å²) in [6.07, 6.45) is 4.18. The molecule has 1 fully saturated rings. The molecule has 2 atom stereocenters. The summed E-state index contributed by atoms with van der Waals surface area (Å²) in [6.45, 7) is 39.8. The minimum absolute atomic E-state index is 0.105. The Morgan fingerprint density at radius 3 is 1.15 bits per heavy atom. The topological polar surface area (TPSA) is 46.9 Å². The molecule has 2 unspecified atom stereocenters. The van der Waals surface area contributed by atoms with Crippen LogP contribution in [0.3, 0.4) is 0 Å². The molecule has 2 N–H and O–H groups in total. The van der Waals surface area contributed by atoms with Crippen molar-refractivity contribution in [2.75, 3.05) is 13.1 Å². The highest BCUT2D eigenvalue weighted by molar-refractivity contribution is 5.53. The first-order valence-electron chi connectivity index (χ1n) is 18.1. The molecule has 1 saturated heterocycles. The van der Waals surface area contributed by atoms with Crippen LogP contribution in [-0.4, -0.2) is 45.2 Å². The molecule has 2 aromatic carbocycles. The first-order valence-corrected chi connectivity index (χ1v) is 18.1. The molecule has 1 aliphatic rings. The minimum Gasteiger partial charge on any atom is -0.507 e. The molecule has 0 radical (unpaired) electrons. The highest BCUT2D eigenvalue weighted by Gasteiger charge is 2.36. The van der Waals surface area contributed by atoms with Gasteiger partial charge in [-0.05, 0) is 108 Å². The zero-order valence-corrected chi connectivity index (χ0v) is 32.8. The van der Waals surface area contributed by atoms with Gasteiger partial charge in [-0.25, -0.2) is 0 Å². The molecule has 4 nitrogen and oxygen atoms in total. The van der Waals surface area contributed by atoms with Crippen LogP contribution in [0.2, 0.25) is 0 Å². The molecule has 0 spiro atoms. The largest absolute Gasteiger partial charge is 0.507 e. The number of hydrogen-bond donors (Lipinski definition) is 2. The lowest BCUT2D eigenvalue weighted by molar-refractivity contribution is 0.0145. The molecule has 0 aliphatic carbocycles. The first kappa shape index (κ1) is 38.4. The van der Waals surface area contributed by atoms with E-state index in [1.165, 1.54) is 22.3 Å². The molecule has 1 heterocycles. The molecule has 4 heteroatoms. The number of benzene rings is 2. The van der Waals surface area contributed by atoms with E-state index < -0.39 is 0 Å². The Kier molecular flexibility index (Phi) is 11.5. The lowest BCUT2D eigenvalue weighted by atomic mass is 9.71. The van der Waals surface area contributed by atoms with Gasteiger partial charge in [0, 0.05) is 49.4 Å². The zero-order valence-electron chi connectivity index (χ0n) is 32.8. The number of piperazine rings is 1. The SMILES string of the molecule is CCC1CN(Cc2c(C)cc(C(C)(C)CC(C)(C)C)c(O)c2C)C(CC)CN1Cc1c(C)cc(C(C)(C)CC(C)(C)C)c(O)c1C. The summed E-state index contributed by atoms with van der Waals surface area (Å²) in [7, 11) is 0. The molecular formula is C42H70N2O2. The van der Waals surface area contributed by atoms with Crippen molar-refractivity contribution in [2.24, 2.45) is 10.8 Å². The Morgan fingerprint density at radius 2 is 0.891 bits per heavy atom. The van der Waals surface area contributed by atoms with E-state index in [0.29, 0.717) is 23.6 Å². The molecule has 0 bridgehead atoms. The van der Waals surface area contributed by atoms with Gasteiger partial charge in [0.15, 0.2) is 0 Å². The third-order valence-electron chi connectivity index (χ3n) is 10.8.